The number of hydrogen-bond acceptors (Lipinski definition) is 3. The van der Waals surface area contributed by atoms with Gasteiger partial charge in [0.25, 0.3) is 0 Å². The first-order chi connectivity index (χ1) is 17.4. The molecule has 4 aromatic heterocycles. The van der Waals surface area contributed by atoms with Crippen LogP contribution in [0.4, 0.5) is 0 Å². The molecule has 0 aliphatic heterocycles. The summed E-state index contributed by atoms with van der Waals surface area (Å²) in [7, 11) is 0. The Balaban J connectivity index is 1.48. The van der Waals surface area contributed by atoms with Gasteiger partial charge in [-0.1, -0.05) is 48.5 Å². The highest BCUT2D eigenvalue weighted by Crippen LogP contribution is 2.50. The monoisotopic (exact) mass is 446 g/mol. The van der Waals surface area contributed by atoms with Crippen LogP contribution in [0.5, 0.6) is 0 Å². The Morgan fingerprint density at radius 2 is 1.57 bits per heavy atom. The van der Waals surface area contributed by atoms with Crippen LogP contribution in [0.3, 0.4) is 0 Å². The number of hydrogen-bond donors (Lipinski definition) is 0. The lowest BCUT2D eigenvalue weighted by molar-refractivity contribution is 1.23. The molecule has 0 N–H and O–H groups in total. The van der Waals surface area contributed by atoms with Gasteiger partial charge < -0.3 is 0 Å². The van der Waals surface area contributed by atoms with E-state index in [9.17, 15) is 0 Å². The van der Waals surface area contributed by atoms with Crippen LogP contribution in [0.15, 0.2) is 85.3 Å². The molecule has 0 amide bonds. The summed E-state index contributed by atoms with van der Waals surface area (Å²) in [4.78, 5) is 14.2. The van der Waals surface area contributed by atoms with Crippen molar-refractivity contribution in [3.8, 4) is 22.3 Å². The third-order valence-electron chi connectivity index (χ3n) is 7.98. The first-order valence-electron chi connectivity index (χ1n) is 12.0. The largest absolute Gasteiger partial charge is 0.290 e. The lowest BCUT2D eigenvalue weighted by Crippen LogP contribution is -1.94. The number of pyridine rings is 3. The van der Waals surface area contributed by atoms with Gasteiger partial charge in [-0.2, -0.15) is 0 Å². The molecule has 2 aliphatic carbocycles. The predicted octanol–water partition coefficient (Wildman–Crippen LogP) is 6.73. The summed E-state index contributed by atoms with van der Waals surface area (Å²) in [6, 6.07) is 24.3. The number of nitrogens with zero attached hydrogens (tertiary/aromatic N) is 4. The van der Waals surface area contributed by atoms with Crippen molar-refractivity contribution in [2.24, 2.45) is 0 Å². The van der Waals surface area contributed by atoms with Gasteiger partial charge in [-0.25, -0.2) is 9.97 Å². The molecule has 4 heteroatoms. The van der Waals surface area contributed by atoms with Crippen LogP contribution in [-0.2, 0) is 12.8 Å². The van der Waals surface area contributed by atoms with E-state index in [2.05, 4.69) is 75.0 Å². The van der Waals surface area contributed by atoms with Crippen LogP contribution >= 0.6 is 0 Å². The summed E-state index contributed by atoms with van der Waals surface area (Å²) >= 11 is 0. The summed E-state index contributed by atoms with van der Waals surface area (Å²) in [6.45, 7) is 0. The number of imidazole rings is 1. The number of rotatable bonds is 0. The topological polar surface area (TPSA) is 43.1 Å². The summed E-state index contributed by atoms with van der Waals surface area (Å²) in [6.07, 6.45) is 7.64. The zero-order chi connectivity index (χ0) is 22.7. The maximum Gasteiger partial charge on any atom is 0.178 e. The van der Waals surface area contributed by atoms with E-state index in [1.54, 1.807) is 0 Å². The standard InChI is InChI=1S/C31H18N4/c1-2-5-20-17(4-1)14-18-7-9-21-23(27(18)20)15-19-8-10-22-24-16-32-13-11-25(24)35-26-6-3-12-33-30(26)34-31(35)29(22)28(19)21/h1-13,16H,14-15H2. The molecule has 0 saturated carbocycles. The van der Waals surface area contributed by atoms with E-state index in [0.29, 0.717) is 0 Å². The van der Waals surface area contributed by atoms with Crippen LogP contribution in [0.1, 0.15) is 22.3 Å². The molecule has 9 rings (SSSR count). The molecule has 3 aromatic carbocycles. The maximum atomic E-state index is 5.08. The van der Waals surface area contributed by atoms with Crippen molar-refractivity contribution < 1.29 is 0 Å². The van der Waals surface area contributed by atoms with Crippen molar-refractivity contribution >= 4 is 38.5 Å². The second-order valence-electron chi connectivity index (χ2n) is 9.67. The lowest BCUT2D eigenvalue weighted by atomic mass is 9.93. The van der Waals surface area contributed by atoms with Gasteiger partial charge in [0.05, 0.1) is 11.0 Å². The zero-order valence-corrected chi connectivity index (χ0v) is 18.8. The van der Waals surface area contributed by atoms with E-state index in [4.69, 9.17) is 4.98 Å². The van der Waals surface area contributed by atoms with Gasteiger partial charge in [-0.3, -0.25) is 9.38 Å². The molecular formula is C31H18N4. The highest BCUT2D eigenvalue weighted by molar-refractivity contribution is 6.19. The second-order valence-corrected chi connectivity index (χ2v) is 9.67. The average molecular weight is 447 g/mol. The molecule has 7 aromatic rings. The van der Waals surface area contributed by atoms with E-state index in [-0.39, 0.29) is 0 Å². The van der Waals surface area contributed by atoms with E-state index in [0.717, 1.165) is 40.6 Å². The molecule has 0 unspecified atom stereocenters. The van der Waals surface area contributed by atoms with Crippen LogP contribution < -0.4 is 0 Å². The molecular weight excluding hydrogens is 428 g/mol. The molecule has 0 saturated heterocycles. The number of aromatic nitrogens is 4. The first-order valence-corrected chi connectivity index (χ1v) is 12.0. The van der Waals surface area contributed by atoms with Gasteiger partial charge in [0, 0.05) is 29.4 Å². The van der Waals surface area contributed by atoms with Gasteiger partial charge in [0.1, 0.15) is 5.65 Å². The Kier molecular flexibility index (Phi) is 3.11. The van der Waals surface area contributed by atoms with Crippen molar-refractivity contribution in [1.29, 1.82) is 0 Å². The fraction of sp³-hybridized carbons (Fsp3) is 0.0645. The number of benzene rings is 3. The van der Waals surface area contributed by atoms with Gasteiger partial charge in [0.15, 0.2) is 5.65 Å². The third kappa shape index (κ3) is 2.11. The molecule has 35 heavy (non-hydrogen) atoms. The van der Waals surface area contributed by atoms with E-state index < -0.39 is 0 Å². The minimum Gasteiger partial charge on any atom is -0.290 e. The Bertz CT molecular complexity index is 2070. The molecule has 2 aliphatic rings. The normalized spacial score (nSPS) is 13.5. The van der Waals surface area contributed by atoms with Crippen LogP contribution in [0, 0.1) is 0 Å². The lowest BCUT2D eigenvalue weighted by Gasteiger charge is -2.13. The van der Waals surface area contributed by atoms with Gasteiger partial charge in [-0.15, -0.1) is 0 Å². The van der Waals surface area contributed by atoms with Gasteiger partial charge >= 0.3 is 0 Å². The smallest absolute Gasteiger partial charge is 0.178 e. The minimum absolute atomic E-state index is 0.775. The van der Waals surface area contributed by atoms with Crippen molar-refractivity contribution in [2.45, 2.75) is 12.8 Å². The van der Waals surface area contributed by atoms with Gasteiger partial charge in [0.2, 0.25) is 0 Å². The fourth-order valence-corrected chi connectivity index (χ4v) is 6.58. The average Bonchev–Trinajstić information content (AvgIpc) is 3.59. The third-order valence-corrected chi connectivity index (χ3v) is 7.98. The van der Waals surface area contributed by atoms with Crippen LogP contribution in [-0.4, -0.2) is 19.4 Å². The molecule has 4 nitrogen and oxygen atoms in total. The second kappa shape index (κ2) is 6.10. The van der Waals surface area contributed by atoms with Gasteiger partial charge in [-0.05, 0) is 80.9 Å². The minimum atomic E-state index is 0.775. The highest BCUT2D eigenvalue weighted by Gasteiger charge is 2.30. The molecule has 0 bridgehead atoms. The van der Waals surface area contributed by atoms with Crippen molar-refractivity contribution in [3.05, 3.63) is 108 Å². The van der Waals surface area contributed by atoms with E-state index >= 15 is 0 Å². The van der Waals surface area contributed by atoms with Crippen LogP contribution in [0.25, 0.3) is 60.7 Å². The van der Waals surface area contributed by atoms with Crippen molar-refractivity contribution in [3.63, 3.8) is 0 Å². The molecule has 0 atom stereocenters. The van der Waals surface area contributed by atoms with E-state index in [1.165, 1.54) is 55.3 Å². The number of fused-ring (bicyclic) bond motifs is 16. The molecule has 0 spiro atoms. The SMILES string of the molecule is c1ccc2c(c1)Cc1ccc3c(c1-2)Cc1ccc2c4cnccc4n4c5cccnc5nc4c2c1-3. The molecule has 0 fully saturated rings. The van der Waals surface area contributed by atoms with Crippen LogP contribution in [0.2, 0.25) is 0 Å². The molecule has 4 heterocycles. The first kappa shape index (κ1) is 17.8. The Morgan fingerprint density at radius 1 is 0.657 bits per heavy atom. The Hall–Kier alpha value is -4.57. The quantitative estimate of drug-likeness (QED) is 0.243. The van der Waals surface area contributed by atoms with E-state index in [1.807, 2.05) is 24.7 Å². The highest BCUT2D eigenvalue weighted by atomic mass is 15.1. The summed E-state index contributed by atoms with van der Waals surface area (Å²) in [5, 5.41) is 3.54. The zero-order valence-electron chi connectivity index (χ0n) is 18.8. The summed E-state index contributed by atoms with van der Waals surface area (Å²) in [5.74, 6) is 0. The predicted molar refractivity (Wildman–Crippen MR) is 140 cm³/mol. The molecule has 162 valence electrons. The Morgan fingerprint density at radius 3 is 2.57 bits per heavy atom. The summed E-state index contributed by atoms with van der Waals surface area (Å²) in [5.41, 5.74) is 15.1. The van der Waals surface area contributed by atoms with Crippen molar-refractivity contribution in [1.82, 2.24) is 19.4 Å². The maximum absolute atomic E-state index is 5.08. The molecule has 0 radical (unpaired) electrons. The summed E-state index contributed by atoms with van der Waals surface area (Å²) < 4.78 is 2.27. The fourth-order valence-electron chi connectivity index (χ4n) is 6.58. The van der Waals surface area contributed by atoms with Crippen molar-refractivity contribution in [2.75, 3.05) is 0 Å². The Labute approximate surface area is 200 Å².